The Bertz CT molecular complexity index is 767. The number of rotatable bonds is 7. The third-order valence-corrected chi connectivity index (χ3v) is 4.18. The van der Waals surface area contributed by atoms with E-state index in [1.807, 2.05) is 31.2 Å². The molecule has 0 atom stereocenters. The third kappa shape index (κ3) is 4.92. The Morgan fingerprint density at radius 1 is 1.35 bits per heavy atom. The Hall–Kier alpha value is -2.67. The number of carbonyl (C=O) groups excluding carboxylic acids is 1. The van der Waals surface area contributed by atoms with Crippen LogP contribution in [0, 0.1) is 0 Å². The predicted molar refractivity (Wildman–Crippen MR) is 99.0 cm³/mol. The zero-order valence-corrected chi connectivity index (χ0v) is 15.2. The minimum absolute atomic E-state index is 0.0904. The standard InChI is InChI=1S/C19H24N4O3/c1-3-25-16-6-4-15(5-7-16)20-17(24)8-9-18-21-19(22-26-18)14-10-12-23(2)13-11-14/h4-7,10H,3,8-9,11-13H2,1-2H3,(H,20,24). The Kier molecular flexibility index (Phi) is 6.01. The van der Waals surface area contributed by atoms with Crippen LogP contribution in [-0.4, -0.2) is 47.7 Å². The molecule has 0 spiro atoms. The molecule has 0 saturated heterocycles. The third-order valence-electron chi connectivity index (χ3n) is 4.18. The number of nitrogens with one attached hydrogen (secondary N) is 1. The fourth-order valence-corrected chi connectivity index (χ4v) is 2.71. The fourth-order valence-electron chi connectivity index (χ4n) is 2.71. The van der Waals surface area contributed by atoms with Crippen LogP contribution in [0.5, 0.6) is 5.75 Å². The number of carbonyl (C=O) groups is 1. The molecule has 2 heterocycles. The Morgan fingerprint density at radius 2 is 2.15 bits per heavy atom. The summed E-state index contributed by atoms with van der Waals surface area (Å²) in [5.74, 6) is 1.82. The number of aromatic nitrogens is 2. The summed E-state index contributed by atoms with van der Waals surface area (Å²) >= 11 is 0. The van der Waals surface area contributed by atoms with Gasteiger partial charge < -0.3 is 19.5 Å². The summed E-state index contributed by atoms with van der Waals surface area (Å²) in [6, 6.07) is 7.30. The van der Waals surface area contributed by atoms with Gasteiger partial charge in [-0.2, -0.15) is 4.98 Å². The van der Waals surface area contributed by atoms with Crippen LogP contribution in [0.15, 0.2) is 34.9 Å². The van der Waals surface area contributed by atoms with Crippen LogP contribution in [0.4, 0.5) is 5.69 Å². The first-order valence-corrected chi connectivity index (χ1v) is 8.87. The number of likely N-dealkylation sites (N-methyl/N-ethyl adjacent to an activating group) is 1. The number of aryl methyl sites for hydroxylation is 1. The lowest BCUT2D eigenvalue weighted by atomic mass is 10.1. The molecular weight excluding hydrogens is 332 g/mol. The van der Waals surface area contributed by atoms with Gasteiger partial charge in [-0.3, -0.25) is 4.79 Å². The maximum atomic E-state index is 12.1. The smallest absolute Gasteiger partial charge is 0.227 e. The van der Waals surface area contributed by atoms with Gasteiger partial charge in [0.05, 0.1) is 6.61 Å². The van der Waals surface area contributed by atoms with Crippen molar-refractivity contribution < 1.29 is 14.1 Å². The van der Waals surface area contributed by atoms with Crippen molar-refractivity contribution >= 4 is 17.2 Å². The fraction of sp³-hybridized carbons (Fsp3) is 0.421. The van der Waals surface area contributed by atoms with Crippen molar-refractivity contribution in [1.29, 1.82) is 0 Å². The molecule has 2 aromatic rings. The molecule has 1 N–H and O–H groups in total. The molecule has 0 saturated carbocycles. The van der Waals surface area contributed by atoms with E-state index < -0.39 is 0 Å². The molecule has 0 radical (unpaired) electrons. The second-order valence-corrected chi connectivity index (χ2v) is 6.26. The van der Waals surface area contributed by atoms with E-state index in [9.17, 15) is 4.79 Å². The Labute approximate surface area is 153 Å². The topological polar surface area (TPSA) is 80.5 Å². The molecule has 1 aliphatic heterocycles. The van der Waals surface area contributed by atoms with Gasteiger partial charge in [0.1, 0.15) is 5.75 Å². The molecule has 1 aromatic carbocycles. The quantitative estimate of drug-likeness (QED) is 0.822. The summed E-state index contributed by atoms with van der Waals surface area (Å²) in [7, 11) is 2.08. The highest BCUT2D eigenvalue weighted by atomic mass is 16.5. The summed E-state index contributed by atoms with van der Waals surface area (Å²) < 4.78 is 10.7. The van der Waals surface area contributed by atoms with E-state index in [0.29, 0.717) is 24.7 Å². The van der Waals surface area contributed by atoms with Gasteiger partial charge in [0, 0.05) is 31.6 Å². The number of nitrogens with zero attached hydrogens (tertiary/aromatic N) is 3. The van der Waals surface area contributed by atoms with Gasteiger partial charge in [-0.15, -0.1) is 0 Å². The number of anilines is 1. The van der Waals surface area contributed by atoms with Crippen LogP contribution in [0.1, 0.15) is 31.5 Å². The van der Waals surface area contributed by atoms with Crippen molar-refractivity contribution in [3.63, 3.8) is 0 Å². The van der Waals surface area contributed by atoms with Crippen LogP contribution in [0.2, 0.25) is 0 Å². The lowest BCUT2D eigenvalue weighted by molar-refractivity contribution is -0.116. The molecule has 138 valence electrons. The van der Waals surface area contributed by atoms with Crippen molar-refractivity contribution in [1.82, 2.24) is 15.0 Å². The average molecular weight is 356 g/mol. The van der Waals surface area contributed by atoms with Crippen LogP contribution >= 0.6 is 0 Å². The molecule has 7 heteroatoms. The maximum absolute atomic E-state index is 12.1. The predicted octanol–water partition coefficient (Wildman–Crippen LogP) is 2.76. The van der Waals surface area contributed by atoms with E-state index in [4.69, 9.17) is 9.26 Å². The second-order valence-electron chi connectivity index (χ2n) is 6.26. The average Bonchev–Trinajstić information content (AvgIpc) is 3.11. The largest absolute Gasteiger partial charge is 0.494 e. The normalized spacial score (nSPS) is 14.8. The second kappa shape index (κ2) is 8.62. The lowest BCUT2D eigenvalue weighted by Crippen LogP contribution is -2.23. The van der Waals surface area contributed by atoms with E-state index >= 15 is 0 Å². The van der Waals surface area contributed by atoms with E-state index in [-0.39, 0.29) is 12.3 Å². The van der Waals surface area contributed by atoms with Gasteiger partial charge in [-0.1, -0.05) is 11.2 Å². The molecule has 0 aliphatic carbocycles. The van der Waals surface area contributed by atoms with Crippen molar-refractivity contribution in [3.8, 4) is 5.75 Å². The zero-order valence-electron chi connectivity index (χ0n) is 15.2. The van der Waals surface area contributed by atoms with Gasteiger partial charge >= 0.3 is 0 Å². The molecule has 1 amide bonds. The Balaban J connectivity index is 1.49. The van der Waals surface area contributed by atoms with Gasteiger partial charge in [0.15, 0.2) is 5.82 Å². The van der Waals surface area contributed by atoms with Gasteiger partial charge in [0.25, 0.3) is 0 Å². The SMILES string of the molecule is CCOc1ccc(NC(=O)CCc2nc(C3=CCN(C)CC3)no2)cc1. The first-order chi connectivity index (χ1) is 12.6. The zero-order chi connectivity index (χ0) is 18.4. The first-order valence-electron chi connectivity index (χ1n) is 8.87. The molecule has 0 unspecified atom stereocenters. The van der Waals surface area contributed by atoms with Crippen molar-refractivity contribution in [2.75, 3.05) is 32.1 Å². The summed E-state index contributed by atoms with van der Waals surface area (Å²) in [4.78, 5) is 18.7. The molecule has 1 aromatic heterocycles. The molecule has 3 rings (SSSR count). The molecule has 0 bridgehead atoms. The van der Waals surface area contributed by atoms with Crippen molar-refractivity contribution in [2.24, 2.45) is 0 Å². The number of hydrogen-bond donors (Lipinski definition) is 1. The van der Waals surface area contributed by atoms with Gasteiger partial charge in [-0.05, 0) is 50.2 Å². The lowest BCUT2D eigenvalue weighted by Gasteiger charge is -2.19. The highest BCUT2D eigenvalue weighted by Gasteiger charge is 2.16. The van der Waals surface area contributed by atoms with Crippen LogP contribution < -0.4 is 10.1 Å². The number of ether oxygens (including phenoxy) is 1. The van der Waals surface area contributed by atoms with Crippen molar-refractivity contribution in [2.45, 2.75) is 26.2 Å². The van der Waals surface area contributed by atoms with Crippen LogP contribution in [0.25, 0.3) is 5.57 Å². The highest BCUT2D eigenvalue weighted by molar-refractivity contribution is 5.90. The maximum Gasteiger partial charge on any atom is 0.227 e. The summed E-state index contributed by atoms with van der Waals surface area (Å²) in [5, 5.41) is 6.89. The summed E-state index contributed by atoms with van der Waals surface area (Å²) in [6.07, 6.45) is 3.74. The molecule has 7 nitrogen and oxygen atoms in total. The van der Waals surface area contributed by atoms with E-state index in [1.54, 1.807) is 0 Å². The summed E-state index contributed by atoms with van der Waals surface area (Å²) in [6.45, 7) is 4.43. The van der Waals surface area contributed by atoms with E-state index in [0.717, 1.165) is 36.5 Å². The van der Waals surface area contributed by atoms with Crippen LogP contribution in [-0.2, 0) is 11.2 Å². The first kappa shape index (κ1) is 18.1. The molecular formula is C19H24N4O3. The van der Waals surface area contributed by atoms with E-state index in [2.05, 4.69) is 33.5 Å². The molecule has 1 aliphatic rings. The van der Waals surface area contributed by atoms with Gasteiger partial charge in [0.2, 0.25) is 11.8 Å². The van der Waals surface area contributed by atoms with E-state index in [1.165, 1.54) is 0 Å². The van der Waals surface area contributed by atoms with Gasteiger partial charge in [-0.25, -0.2) is 0 Å². The Morgan fingerprint density at radius 3 is 2.85 bits per heavy atom. The van der Waals surface area contributed by atoms with Crippen LogP contribution in [0.3, 0.4) is 0 Å². The highest BCUT2D eigenvalue weighted by Crippen LogP contribution is 2.20. The minimum Gasteiger partial charge on any atom is -0.494 e. The molecule has 26 heavy (non-hydrogen) atoms. The number of hydrogen-bond acceptors (Lipinski definition) is 6. The number of amides is 1. The molecule has 0 fully saturated rings. The number of benzene rings is 1. The van der Waals surface area contributed by atoms with Crippen molar-refractivity contribution in [3.05, 3.63) is 42.1 Å². The summed E-state index contributed by atoms with van der Waals surface area (Å²) in [5.41, 5.74) is 1.85. The minimum atomic E-state index is -0.0904. The monoisotopic (exact) mass is 356 g/mol.